The molecule has 1 aromatic carbocycles. The molecule has 94 valence electrons. The molecular formula is C12H13N3O3. The van der Waals surface area contributed by atoms with E-state index in [-0.39, 0.29) is 18.9 Å². The first-order valence-electron chi connectivity index (χ1n) is 5.72. The fourth-order valence-electron chi connectivity index (χ4n) is 2.12. The molecule has 2 heterocycles. The van der Waals surface area contributed by atoms with Crippen LogP contribution >= 0.6 is 0 Å². The van der Waals surface area contributed by atoms with Gasteiger partial charge in [0.2, 0.25) is 6.79 Å². The Hall–Kier alpha value is -2.24. The third kappa shape index (κ3) is 1.66. The van der Waals surface area contributed by atoms with Gasteiger partial charge in [0, 0.05) is 19.7 Å². The molecule has 0 bridgehead atoms. The summed E-state index contributed by atoms with van der Waals surface area (Å²) in [4.78, 5) is 11.7. The summed E-state index contributed by atoms with van der Waals surface area (Å²) in [5.74, 6) is 1.46. The average molecular weight is 247 g/mol. The second-order valence-electron chi connectivity index (χ2n) is 4.06. The Labute approximate surface area is 104 Å². The van der Waals surface area contributed by atoms with Crippen LogP contribution in [0.3, 0.4) is 0 Å². The summed E-state index contributed by atoms with van der Waals surface area (Å²) in [6, 6.07) is 5.39. The van der Waals surface area contributed by atoms with E-state index in [0.29, 0.717) is 6.42 Å². The molecule has 2 amide bonds. The molecule has 0 aromatic heterocycles. The average Bonchev–Trinajstić information content (AvgIpc) is 3.05. The number of benzene rings is 1. The van der Waals surface area contributed by atoms with Crippen LogP contribution in [0.4, 0.5) is 4.79 Å². The molecular weight excluding hydrogens is 234 g/mol. The van der Waals surface area contributed by atoms with Crippen molar-refractivity contribution in [3.63, 3.8) is 0 Å². The fourth-order valence-corrected chi connectivity index (χ4v) is 2.12. The number of ether oxygens (including phenoxy) is 2. The molecule has 6 heteroatoms. The number of fused-ring (bicyclic) bond motifs is 1. The van der Waals surface area contributed by atoms with Gasteiger partial charge >= 0.3 is 6.03 Å². The van der Waals surface area contributed by atoms with Gasteiger partial charge in [-0.15, -0.1) is 0 Å². The third-order valence-electron chi connectivity index (χ3n) is 3.03. The van der Waals surface area contributed by atoms with Crippen LogP contribution in [0.15, 0.2) is 23.3 Å². The minimum atomic E-state index is -0.216. The van der Waals surface area contributed by atoms with Gasteiger partial charge in [0.05, 0.1) is 6.04 Å². The molecule has 0 saturated carbocycles. The summed E-state index contributed by atoms with van der Waals surface area (Å²) >= 11 is 0. The van der Waals surface area contributed by atoms with Crippen LogP contribution in [0.1, 0.15) is 18.0 Å². The first kappa shape index (κ1) is 10.9. The number of nitrogens with zero attached hydrogens (tertiary/aromatic N) is 2. The van der Waals surface area contributed by atoms with E-state index < -0.39 is 0 Å². The Morgan fingerprint density at radius 3 is 3.11 bits per heavy atom. The standard InChI is InChI=1S/C12H13N3O3/c1-13-12(16)15-9(4-5-14-15)8-2-3-10-11(6-8)18-7-17-10/h2-3,5-6,9H,4,7H2,1H3,(H,13,16). The summed E-state index contributed by atoms with van der Waals surface area (Å²) in [6.45, 7) is 0.249. The summed E-state index contributed by atoms with van der Waals surface area (Å²) < 4.78 is 10.6. The summed E-state index contributed by atoms with van der Waals surface area (Å²) in [6.07, 6.45) is 2.44. The molecule has 18 heavy (non-hydrogen) atoms. The number of carbonyl (C=O) groups excluding carboxylic acids is 1. The van der Waals surface area contributed by atoms with Gasteiger partial charge in [-0.05, 0) is 17.7 Å². The van der Waals surface area contributed by atoms with Gasteiger partial charge in [-0.2, -0.15) is 5.10 Å². The van der Waals surface area contributed by atoms with Crippen LogP contribution in [-0.4, -0.2) is 31.1 Å². The van der Waals surface area contributed by atoms with Gasteiger partial charge in [-0.1, -0.05) is 6.07 Å². The Bertz CT molecular complexity index is 515. The van der Waals surface area contributed by atoms with Crippen molar-refractivity contribution in [2.45, 2.75) is 12.5 Å². The Balaban J connectivity index is 1.88. The summed E-state index contributed by atoms with van der Waals surface area (Å²) in [5.41, 5.74) is 0.986. The highest BCUT2D eigenvalue weighted by Crippen LogP contribution is 2.37. The van der Waals surface area contributed by atoms with Crippen LogP contribution in [0.2, 0.25) is 0 Å². The van der Waals surface area contributed by atoms with Gasteiger partial charge < -0.3 is 14.8 Å². The highest BCUT2D eigenvalue weighted by atomic mass is 16.7. The Morgan fingerprint density at radius 1 is 1.44 bits per heavy atom. The molecule has 0 saturated heterocycles. The first-order valence-corrected chi connectivity index (χ1v) is 5.72. The number of nitrogens with one attached hydrogen (secondary N) is 1. The smallest absolute Gasteiger partial charge is 0.338 e. The van der Waals surface area contributed by atoms with Crippen molar-refractivity contribution in [2.75, 3.05) is 13.8 Å². The monoisotopic (exact) mass is 247 g/mol. The van der Waals surface area contributed by atoms with Crippen molar-refractivity contribution in [3.8, 4) is 11.5 Å². The van der Waals surface area contributed by atoms with E-state index in [4.69, 9.17) is 9.47 Å². The number of hydrogen-bond acceptors (Lipinski definition) is 4. The maximum absolute atomic E-state index is 11.7. The number of rotatable bonds is 1. The number of carbonyl (C=O) groups is 1. The minimum absolute atomic E-state index is 0.0838. The molecule has 1 N–H and O–H groups in total. The van der Waals surface area contributed by atoms with E-state index >= 15 is 0 Å². The lowest BCUT2D eigenvalue weighted by molar-refractivity contribution is 0.173. The summed E-state index contributed by atoms with van der Waals surface area (Å²) in [7, 11) is 1.59. The van der Waals surface area contributed by atoms with E-state index in [0.717, 1.165) is 17.1 Å². The molecule has 1 unspecified atom stereocenters. The van der Waals surface area contributed by atoms with Crippen molar-refractivity contribution < 1.29 is 14.3 Å². The molecule has 1 aromatic rings. The summed E-state index contributed by atoms with van der Waals surface area (Å²) in [5, 5.41) is 8.10. The molecule has 0 aliphatic carbocycles. The highest BCUT2D eigenvalue weighted by molar-refractivity contribution is 5.78. The van der Waals surface area contributed by atoms with Gasteiger partial charge in [-0.25, -0.2) is 9.80 Å². The molecule has 3 rings (SSSR count). The second-order valence-corrected chi connectivity index (χ2v) is 4.06. The van der Waals surface area contributed by atoms with Crippen molar-refractivity contribution >= 4 is 12.2 Å². The van der Waals surface area contributed by atoms with Crippen LogP contribution in [0.25, 0.3) is 0 Å². The maximum atomic E-state index is 11.7. The zero-order chi connectivity index (χ0) is 12.5. The first-order chi connectivity index (χ1) is 8.79. The van der Waals surface area contributed by atoms with E-state index in [1.54, 1.807) is 13.3 Å². The second kappa shape index (κ2) is 4.21. The largest absolute Gasteiger partial charge is 0.454 e. The van der Waals surface area contributed by atoms with Crippen molar-refractivity contribution in [1.29, 1.82) is 0 Å². The number of urea groups is 1. The normalized spacial score (nSPS) is 20.3. The molecule has 1 atom stereocenters. The third-order valence-corrected chi connectivity index (χ3v) is 3.03. The van der Waals surface area contributed by atoms with E-state index in [1.165, 1.54) is 5.01 Å². The zero-order valence-electron chi connectivity index (χ0n) is 9.92. The van der Waals surface area contributed by atoms with Gasteiger partial charge in [-0.3, -0.25) is 0 Å². The molecule has 6 nitrogen and oxygen atoms in total. The minimum Gasteiger partial charge on any atom is -0.454 e. The van der Waals surface area contributed by atoms with E-state index in [1.807, 2.05) is 18.2 Å². The van der Waals surface area contributed by atoms with Crippen LogP contribution in [0, 0.1) is 0 Å². The Morgan fingerprint density at radius 2 is 2.28 bits per heavy atom. The predicted octanol–water partition coefficient (Wildman–Crippen LogP) is 1.49. The molecule has 2 aliphatic heterocycles. The number of hydrogen-bond donors (Lipinski definition) is 1. The van der Waals surface area contributed by atoms with Crippen LogP contribution in [0.5, 0.6) is 11.5 Å². The molecule has 2 aliphatic rings. The van der Waals surface area contributed by atoms with Crippen LogP contribution in [-0.2, 0) is 0 Å². The predicted molar refractivity (Wildman–Crippen MR) is 64.7 cm³/mol. The quantitative estimate of drug-likeness (QED) is 0.817. The lowest BCUT2D eigenvalue weighted by atomic mass is 10.0. The van der Waals surface area contributed by atoms with Gasteiger partial charge in [0.15, 0.2) is 11.5 Å². The number of amides is 2. The fraction of sp³-hybridized carbons (Fsp3) is 0.333. The van der Waals surface area contributed by atoms with E-state index in [2.05, 4.69) is 10.4 Å². The van der Waals surface area contributed by atoms with Gasteiger partial charge in [0.1, 0.15) is 0 Å². The lowest BCUT2D eigenvalue weighted by Gasteiger charge is -2.21. The highest BCUT2D eigenvalue weighted by Gasteiger charge is 2.28. The SMILES string of the molecule is CNC(=O)N1N=CCC1c1ccc2c(c1)OCO2. The van der Waals surface area contributed by atoms with Crippen molar-refractivity contribution in [2.24, 2.45) is 5.10 Å². The Kier molecular flexibility index (Phi) is 2.55. The number of hydrazone groups is 1. The van der Waals surface area contributed by atoms with Crippen LogP contribution < -0.4 is 14.8 Å². The molecule has 0 fully saturated rings. The van der Waals surface area contributed by atoms with Crippen molar-refractivity contribution in [1.82, 2.24) is 10.3 Å². The topological polar surface area (TPSA) is 63.2 Å². The van der Waals surface area contributed by atoms with E-state index in [9.17, 15) is 4.79 Å². The maximum Gasteiger partial charge on any atom is 0.338 e. The zero-order valence-corrected chi connectivity index (χ0v) is 9.92. The van der Waals surface area contributed by atoms with Gasteiger partial charge in [0.25, 0.3) is 0 Å². The molecule has 0 radical (unpaired) electrons. The molecule has 0 spiro atoms. The van der Waals surface area contributed by atoms with Crippen molar-refractivity contribution in [3.05, 3.63) is 23.8 Å². The lowest BCUT2D eigenvalue weighted by Crippen LogP contribution is -2.34.